The quantitative estimate of drug-likeness (QED) is 0.467. The van der Waals surface area contributed by atoms with Gasteiger partial charge in [0.1, 0.15) is 0 Å². The third-order valence-electron chi connectivity index (χ3n) is 4.58. The van der Waals surface area contributed by atoms with Gasteiger partial charge in [0.15, 0.2) is 5.78 Å². The van der Waals surface area contributed by atoms with Crippen LogP contribution in [0.3, 0.4) is 0 Å². The number of ketones is 1. The lowest BCUT2D eigenvalue weighted by Crippen LogP contribution is -2.24. The van der Waals surface area contributed by atoms with Gasteiger partial charge in [-0.05, 0) is 29.3 Å². The molecule has 0 saturated carbocycles. The van der Waals surface area contributed by atoms with Crippen molar-refractivity contribution >= 4 is 17.4 Å². The third kappa shape index (κ3) is 5.06. The molecule has 0 aliphatic heterocycles. The van der Waals surface area contributed by atoms with Crippen LogP contribution in [0.15, 0.2) is 78.9 Å². The summed E-state index contributed by atoms with van der Waals surface area (Å²) in [5.41, 5.74) is 3.42. The van der Waals surface area contributed by atoms with Crippen LogP contribution >= 0.6 is 11.6 Å². The summed E-state index contributed by atoms with van der Waals surface area (Å²) in [5.74, 6) is 0.0268. The minimum Gasteiger partial charge on any atom is -0.376 e. The maximum Gasteiger partial charge on any atom is 0.193 e. The number of rotatable bonds is 7. The number of halogens is 1. The lowest BCUT2D eigenvalue weighted by atomic mass is 9.86. The lowest BCUT2D eigenvalue weighted by Gasteiger charge is -2.25. The molecule has 3 heteroatoms. The molecule has 0 amide bonds. The molecule has 0 aliphatic rings. The smallest absolute Gasteiger partial charge is 0.193 e. The summed E-state index contributed by atoms with van der Waals surface area (Å²) < 4.78 is 5.97. The van der Waals surface area contributed by atoms with Crippen molar-refractivity contribution in [1.29, 1.82) is 0 Å². The Kier molecular flexibility index (Phi) is 6.10. The van der Waals surface area contributed by atoms with Crippen molar-refractivity contribution < 1.29 is 9.53 Å². The van der Waals surface area contributed by atoms with E-state index in [9.17, 15) is 4.79 Å². The standard InChI is InChI=1S/C24H23ClO2/c1-24(2,21-11-13-22(25)14-12-21)17-27-16-18-7-6-10-20(15-18)23(26)19-8-4-3-5-9-19/h3-15H,16-17H2,1-2H3. The molecule has 0 bridgehead atoms. The summed E-state index contributed by atoms with van der Waals surface area (Å²) in [4.78, 5) is 12.6. The van der Waals surface area contributed by atoms with E-state index < -0.39 is 0 Å². The average Bonchev–Trinajstić information content (AvgIpc) is 2.68. The number of carbonyl (C=O) groups excluding carboxylic acids is 1. The van der Waals surface area contributed by atoms with Crippen LogP contribution < -0.4 is 0 Å². The molecule has 0 N–H and O–H groups in total. The zero-order valence-corrected chi connectivity index (χ0v) is 16.4. The van der Waals surface area contributed by atoms with Crippen molar-refractivity contribution in [2.24, 2.45) is 0 Å². The van der Waals surface area contributed by atoms with Crippen LogP contribution in [-0.2, 0) is 16.8 Å². The summed E-state index contributed by atoms with van der Waals surface area (Å²) in [6, 6.07) is 24.8. The fourth-order valence-electron chi connectivity index (χ4n) is 2.97. The Balaban J connectivity index is 1.63. The Morgan fingerprint density at radius 1 is 0.889 bits per heavy atom. The number of hydrogen-bond acceptors (Lipinski definition) is 2. The molecule has 0 atom stereocenters. The van der Waals surface area contributed by atoms with Crippen molar-refractivity contribution in [2.45, 2.75) is 25.9 Å². The van der Waals surface area contributed by atoms with E-state index >= 15 is 0 Å². The molecule has 0 saturated heterocycles. The minimum absolute atomic E-state index is 0.0268. The molecule has 138 valence electrons. The van der Waals surface area contributed by atoms with E-state index in [1.54, 1.807) is 0 Å². The molecular formula is C24H23ClO2. The number of carbonyl (C=O) groups is 1. The minimum atomic E-state index is -0.123. The van der Waals surface area contributed by atoms with Crippen LogP contribution in [0.2, 0.25) is 5.02 Å². The largest absolute Gasteiger partial charge is 0.376 e. The van der Waals surface area contributed by atoms with E-state index in [0.29, 0.717) is 24.3 Å². The van der Waals surface area contributed by atoms with Crippen molar-refractivity contribution in [2.75, 3.05) is 6.61 Å². The first kappa shape index (κ1) is 19.3. The Hall–Kier alpha value is -2.42. The van der Waals surface area contributed by atoms with Gasteiger partial charge in [-0.2, -0.15) is 0 Å². The first-order chi connectivity index (χ1) is 13.0. The summed E-state index contributed by atoms with van der Waals surface area (Å²) in [5, 5.41) is 0.732. The van der Waals surface area contributed by atoms with Crippen molar-refractivity contribution in [3.8, 4) is 0 Å². The Bertz CT molecular complexity index is 899. The first-order valence-electron chi connectivity index (χ1n) is 8.98. The predicted molar refractivity (Wildman–Crippen MR) is 110 cm³/mol. The van der Waals surface area contributed by atoms with Gasteiger partial charge in [0.05, 0.1) is 13.2 Å². The maximum atomic E-state index is 12.6. The van der Waals surface area contributed by atoms with Gasteiger partial charge in [-0.1, -0.05) is 86.1 Å². The summed E-state index contributed by atoms with van der Waals surface area (Å²) >= 11 is 5.97. The zero-order chi connectivity index (χ0) is 19.3. The van der Waals surface area contributed by atoms with Gasteiger partial charge in [0.25, 0.3) is 0 Å². The summed E-state index contributed by atoms with van der Waals surface area (Å²) in [7, 11) is 0. The SMILES string of the molecule is CC(C)(COCc1cccc(C(=O)c2ccccc2)c1)c1ccc(Cl)cc1. The Morgan fingerprint density at radius 2 is 1.56 bits per heavy atom. The first-order valence-corrected chi connectivity index (χ1v) is 9.36. The molecule has 0 fully saturated rings. The number of hydrogen-bond donors (Lipinski definition) is 0. The molecule has 3 rings (SSSR count). The van der Waals surface area contributed by atoms with Crippen molar-refractivity contribution in [3.63, 3.8) is 0 Å². The van der Waals surface area contributed by atoms with E-state index in [1.165, 1.54) is 5.56 Å². The van der Waals surface area contributed by atoms with E-state index in [4.69, 9.17) is 16.3 Å². The third-order valence-corrected chi connectivity index (χ3v) is 4.83. The van der Waals surface area contributed by atoms with Crippen LogP contribution in [0, 0.1) is 0 Å². The number of benzene rings is 3. The summed E-state index contributed by atoms with van der Waals surface area (Å²) in [6.07, 6.45) is 0. The van der Waals surface area contributed by atoms with E-state index in [0.717, 1.165) is 10.6 Å². The van der Waals surface area contributed by atoms with Gasteiger partial charge in [-0.25, -0.2) is 0 Å². The van der Waals surface area contributed by atoms with E-state index in [1.807, 2.05) is 78.9 Å². The second-order valence-corrected chi connectivity index (χ2v) is 7.72. The van der Waals surface area contributed by atoms with Crippen LogP contribution in [0.25, 0.3) is 0 Å². The number of ether oxygens (including phenoxy) is 1. The van der Waals surface area contributed by atoms with Crippen LogP contribution in [0.1, 0.15) is 40.9 Å². The van der Waals surface area contributed by atoms with Gasteiger partial charge in [0.2, 0.25) is 0 Å². The topological polar surface area (TPSA) is 26.3 Å². The van der Waals surface area contributed by atoms with Crippen molar-refractivity contribution in [3.05, 3.63) is 106 Å². The molecule has 0 aliphatic carbocycles. The Labute approximate surface area is 165 Å². The van der Waals surface area contributed by atoms with Gasteiger partial charge in [0, 0.05) is 21.6 Å². The van der Waals surface area contributed by atoms with Gasteiger partial charge in [-0.15, -0.1) is 0 Å². The van der Waals surface area contributed by atoms with Crippen molar-refractivity contribution in [1.82, 2.24) is 0 Å². The molecule has 3 aromatic carbocycles. The summed E-state index contributed by atoms with van der Waals surface area (Å²) in [6.45, 7) is 5.33. The molecule has 2 nitrogen and oxygen atoms in total. The highest BCUT2D eigenvalue weighted by Crippen LogP contribution is 2.25. The fourth-order valence-corrected chi connectivity index (χ4v) is 3.09. The molecule has 0 unspecified atom stereocenters. The van der Waals surface area contributed by atoms with Gasteiger partial charge in [-0.3, -0.25) is 4.79 Å². The van der Waals surface area contributed by atoms with Gasteiger partial charge >= 0.3 is 0 Å². The normalized spacial score (nSPS) is 11.4. The highest BCUT2D eigenvalue weighted by Gasteiger charge is 2.21. The molecular weight excluding hydrogens is 356 g/mol. The molecule has 0 aromatic heterocycles. The average molecular weight is 379 g/mol. The second kappa shape index (κ2) is 8.51. The van der Waals surface area contributed by atoms with Crippen LogP contribution in [0.4, 0.5) is 0 Å². The highest BCUT2D eigenvalue weighted by atomic mass is 35.5. The molecule has 27 heavy (non-hydrogen) atoms. The fraction of sp³-hybridized carbons (Fsp3) is 0.208. The lowest BCUT2D eigenvalue weighted by molar-refractivity contribution is 0.0824. The monoisotopic (exact) mass is 378 g/mol. The van der Waals surface area contributed by atoms with Crippen LogP contribution in [0.5, 0.6) is 0 Å². The molecule has 0 heterocycles. The molecule has 3 aromatic rings. The zero-order valence-electron chi connectivity index (χ0n) is 15.6. The van der Waals surface area contributed by atoms with Gasteiger partial charge < -0.3 is 4.74 Å². The molecule has 0 radical (unpaired) electrons. The van der Waals surface area contributed by atoms with E-state index in [-0.39, 0.29) is 11.2 Å². The maximum absolute atomic E-state index is 12.6. The molecule has 0 spiro atoms. The predicted octanol–water partition coefficient (Wildman–Crippen LogP) is 6.07. The van der Waals surface area contributed by atoms with Crippen LogP contribution in [-0.4, -0.2) is 12.4 Å². The highest BCUT2D eigenvalue weighted by molar-refractivity contribution is 6.30. The van der Waals surface area contributed by atoms with E-state index in [2.05, 4.69) is 13.8 Å². The Morgan fingerprint density at radius 3 is 2.26 bits per heavy atom. The second-order valence-electron chi connectivity index (χ2n) is 7.28.